The Balaban J connectivity index is 2.71. The van der Waals surface area contributed by atoms with Gasteiger partial charge in [-0.25, -0.2) is 9.50 Å². The molecule has 0 aliphatic heterocycles. The molecule has 2 aromatic rings. The summed E-state index contributed by atoms with van der Waals surface area (Å²) >= 11 is 0. The number of hydrogen-bond donors (Lipinski definition) is 2. The molecule has 0 amide bonds. The molecule has 86 valence electrons. The van der Waals surface area contributed by atoms with Crippen molar-refractivity contribution < 1.29 is 13.2 Å². The van der Waals surface area contributed by atoms with Gasteiger partial charge in [-0.2, -0.15) is 13.2 Å². The van der Waals surface area contributed by atoms with Crippen LogP contribution in [0.3, 0.4) is 0 Å². The first-order valence-electron chi connectivity index (χ1n) is 4.31. The lowest BCUT2D eigenvalue weighted by molar-refractivity contribution is -0.141. The predicted molar refractivity (Wildman–Crippen MR) is 48.7 cm³/mol. The second-order valence-electron chi connectivity index (χ2n) is 3.15. The van der Waals surface area contributed by atoms with E-state index in [1.54, 1.807) is 0 Å². The van der Waals surface area contributed by atoms with Crippen molar-refractivity contribution in [3.63, 3.8) is 0 Å². The molecule has 0 unspecified atom stereocenters. The lowest BCUT2D eigenvalue weighted by Crippen LogP contribution is -2.17. The largest absolute Gasteiger partial charge is 0.432 e. The van der Waals surface area contributed by atoms with Gasteiger partial charge in [0.2, 0.25) is 0 Å². The predicted octanol–water partition coefficient (Wildman–Crippen LogP) is 0.500. The molecule has 0 saturated carbocycles. The van der Waals surface area contributed by atoms with Crippen LogP contribution in [-0.4, -0.2) is 14.6 Å². The normalized spacial score (nSPS) is 12.2. The van der Waals surface area contributed by atoms with Crippen molar-refractivity contribution >= 4 is 5.65 Å². The van der Waals surface area contributed by atoms with Crippen LogP contribution in [-0.2, 0) is 12.7 Å². The second kappa shape index (κ2) is 3.34. The molecular formula is C8H7F3N4O. The Morgan fingerprint density at radius 1 is 1.44 bits per heavy atom. The topological polar surface area (TPSA) is 76.2 Å². The highest BCUT2D eigenvalue weighted by Gasteiger charge is 2.33. The van der Waals surface area contributed by atoms with Crippen LogP contribution in [0.1, 0.15) is 11.4 Å². The molecule has 5 nitrogen and oxygen atoms in total. The summed E-state index contributed by atoms with van der Waals surface area (Å²) < 4.78 is 37.7. The van der Waals surface area contributed by atoms with Crippen LogP contribution < -0.4 is 11.3 Å². The number of aromatic amines is 1. The summed E-state index contributed by atoms with van der Waals surface area (Å²) in [7, 11) is 0. The van der Waals surface area contributed by atoms with Crippen LogP contribution in [0.2, 0.25) is 0 Å². The van der Waals surface area contributed by atoms with Crippen LogP contribution in [0, 0.1) is 0 Å². The van der Waals surface area contributed by atoms with Gasteiger partial charge in [-0.05, 0) is 0 Å². The van der Waals surface area contributed by atoms with Crippen LogP contribution in [0.5, 0.6) is 0 Å². The Hall–Kier alpha value is -1.83. The minimum Gasteiger partial charge on any atom is -0.325 e. The average Bonchev–Trinajstić information content (AvgIpc) is 2.61. The molecule has 16 heavy (non-hydrogen) atoms. The number of rotatable bonds is 1. The summed E-state index contributed by atoms with van der Waals surface area (Å²) in [5, 5.41) is 1.93. The summed E-state index contributed by atoms with van der Waals surface area (Å²) in [4.78, 5) is 15.2. The number of fused-ring (bicyclic) bond motifs is 1. The molecule has 0 saturated heterocycles. The molecule has 0 radical (unpaired) electrons. The lowest BCUT2D eigenvalue weighted by atomic mass is 10.4. The fraction of sp³-hybridized carbons (Fsp3) is 0.250. The molecule has 2 heterocycles. The van der Waals surface area contributed by atoms with E-state index in [2.05, 4.69) is 4.98 Å². The van der Waals surface area contributed by atoms with Gasteiger partial charge in [-0.1, -0.05) is 0 Å². The number of alkyl halides is 3. The lowest BCUT2D eigenvalue weighted by Gasteiger charge is -2.00. The van der Waals surface area contributed by atoms with E-state index >= 15 is 0 Å². The molecule has 0 aliphatic rings. The van der Waals surface area contributed by atoms with Gasteiger partial charge in [0, 0.05) is 18.7 Å². The molecule has 8 heteroatoms. The third kappa shape index (κ3) is 1.67. The standard InChI is InChI=1S/C8H7F3N4O/c9-8(10,11)5-2-6-13-4(3-12)1-7(16)15(6)14-5/h1-2,14H,3,12H2. The van der Waals surface area contributed by atoms with E-state index in [0.29, 0.717) is 0 Å². The third-order valence-electron chi connectivity index (χ3n) is 2.02. The maximum atomic E-state index is 12.3. The van der Waals surface area contributed by atoms with Gasteiger partial charge in [0.05, 0.1) is 5.69 Å². The van der Waals surface area contributed by atoms with Crippen molar-refractivity contribution in [2.45, 2.75) is 12.7 Å². The van der Waals surface area contributed by atoms with Crippen molar-refractivity contribution in [1.29, 1.82) is 0 Å². The zero-order valence-electron chi connectivity index (χ0n) is 7.88. The number of halogens is 3. The van der Waals surface area contributed by atoms with Gasteiger partial charge >= 0.3 is 6.18 Å². The zero-order valence-corrected chi connectivity index (χ0v) is 7.88. The second-order valence-corrected chi connectivity index (χ2v) is 3.15. The molecule has 0 bridgehead atoms. The van der Waals surface area contributed by atoms with Gasteiger partial charge < -0.3 is 5.73 Å². The van der Waals surface area contributed by atoms with E-state index < -0.39 is 17.4 Å². The highest BCUT2D eigenvalue weighted by Crippen LogP contribution is 2.27. The van der Waals surface area contributed by atoms with E-state index in [1.165, 1.54) is 0 Å². The van der Waals surface area contributed by atoms with E-state index in [-0.39, 0.29) is 17.9 Å². The van der Waals surface area contributed by atoms with Gasteiger partial charge in [-0.3, -0.25) is 9.89 Å². The molecule has 2 rings (SSSR count). The average molecular weight is 232 g/mol. The minimum atomic E-state index is -4.54. The number of hydrogen-bond acceptors (Lipinski definition) is 3. The summed E-state index contributed by atoms with van der Waals surface area (Å²) in [6.07, 6.45) is -4.54. The quantitative estimate of drug-likeness (QED) is 0.751. The van der Waals surface area contributed by atoms with Crippen molar-refractivity contribution in [3.8, 4) is 0 Å². The van der Waals surface area contributed by atoms with Crippen molar-refractivity contribution in [3.05, 3.63) is 33.9 Å². The first-order chi connectivity index (χ1) is 7.41. The van der Waals surface area contributed by atoms with Crippen molar-refractivity contribution in [2.24, 2.45) is 5.73 Å². The third-order valence-corrected chi connectivity index (χ3v) is 2.02. The smallest absolute Gasteiger partial charge is 0.325 e. The molecule has 0 atom stereocenters. The molecular weight excluding hydrogens is 225 g/mol. The molecule has 3 N–H and O–H groups in total. The van der Waals surface area contributed by atoms with Crippen molar-refractivity contribution in [1.82, 2.24) is 14.6 Å². The van der Waals surface area contributed by atoms with Gasteiger partial charge in [0.25, 0.3) is 5.56 Å². The maximum absolute atomic E-state index is 12.3. The number of nitrogens with one attached hydrogen (secondary N) is 1. The molecule has 0 aromatic carbocycles. The Kier molecular flexibility index (Phi) is 2.23. The minimum absolute atomic E-state index is 0.00172. The molecule has 0 aliphatic carbocycles. The van der Waals surface area contributed by atoms with Gasteiger partial charge in [0.15, 0.2) is 5.65 Å². The number of H-pyrrole nitrogens is 1. The number of nitrogens with two attached hydrogens (primary N) is 1. The summed E-state index contributed by atoms with van der Waals surface area (Å²) in [6, 6.07) is 1.85. The van der Waals surface area contributed by atoms with Crippen molar-refractivity contribution in [2.75, 3.05) is 0 Å². The van der Waals surface area contributed by atoms with Crippen LogP contribution >= 0.6 is 0 Å². The zero-order chi connectivity index (χ0) is 11.9. The monoisotopic (exact) mass is 232 g/mol. The van der Waals surface area contributed by atoms with Gasteiger partial charge in [-0.15, -0.1) is 0 Å². The van der Waals surface area contributed by atoms with E-state index in [9.17, 15) is 18.0 Å². The summed E-state index contributed by atoms with van der Waals surface area (Å²) in [5.74, 6) is 0. The Bertz CT molecular complexity index is 583. The SMILES string of the molecule is NCc1cc(=O)n2[nH]c(C(F)(F)F)cc2n1. The highest BCUT2D eigenvalue weighted by molar-refractivity contribution is 5.40. The maximum Gasteiger partial charge on any atom is 0.432 e. The highest BCUT2D eigenvalue weighted by atomic mass is 19.4. The molecule has 2 aromatic heterocycles. The Labute approximate surface area is 86.7 Å². The van der Waals surface area contributed by atoms with E-state index in [0.717, 1.165) is 16.6 Å². The van der Waals surface area contributed by atoms with Crippen LogP contribution in [0.4, 0.5) is 13.2 Å². The Morgan fingerprint density at radius 2 is 2.12 bits per heavy atom. The number of nitrogens with zero attached hydrogens (tertiary/aromatic N) is 2. The fourth-order valence-electron chi connectivity index (χ4n) is 1.29. The van der Waals surface area contributed by atoms with E-state index in [1.807, 2.05) is 5.10 Å². The Morgan fingerprint density at radius 3 is 2.69 bits per heavy atom. The first kappa shape index (κ1) is 10.7. The van der Waals surface area contributed by atoms with Crippen LogP contribution in [0.15, 0.2) is 16.9 Å². The molecule has 0 spiro atoms. The van der Waals surface area contributed by atoms with Gasteiger partial charge in [0.1, 0.15) is 5.69 Å². The fourth-order valence-corrected chi connectivity index (χ4v) is 1.29. The summed E-state index contributed by atoms with van der Waals surface area (Å²) in [5.41, 5.74) is 3.76. The van der Waals surface area contributed by atoms with E-state index in [4.69, 9.17) is 5.73 Å². The summed E-state index contributed by atoms with van der Waals surface area (Å²) in [6.45, 7) is -0.00172. The molecule has 0 fully saturated rings. The number of aromatic nitrogens is 3. The van der Waals surface area contributed by atoms with Crippen LogP contribution in [0.25, 0.3) is 5.65 Å². The first-order valence-corrected chi connectivity index (χ1v) is 4.31.